The molecule has 0 unspecified atom stereocenters. The van der Waals surface area contributed by atoms with Gasteiger partial charge in [0.05, 0.1) is 42.2 Å². The molecule has 21 N–H and O–H groups in total. The molecule has 33 nitrogen and oxygen atoms in total. The van der Waals surface area contributed by atoms with Crippen LogP contribution in [-0.4, -0.2) is 209 Å². The Labute approximate surface area is 556 Å². The Bertz CT molecular complexity index is 3730. The number of nitrogens with two attached hydrogens (primary N) is 3. The van der Waals surface area contributed by atoms with Gasteiger partial charge in [0.25, 0.3) is 0 Å². The number of likely N-dealkylation sites (N-methyl/N-ethyl adjacent to an activating group) is 1. The van der Waals surface area contributed by atoms with Gasteiger partial charge >= 0.3 is 5.97 Å². The van der Waals surface area contributed by atoms with E-state index in [0.717, 1.165) is 4.90 Å². The number of aliphatic hydroxyl groups excluding tert-OH is 1. The van der Waals surface area contributed by atoms with Crippen LogP contribution in [0.2, 0.25) is 0 Å². The number of nitrogens with zero attached hydrogens (tertiary/aromatic N) is 4. The number of aromatic nitrogens is 5. The fourth-order valence-corrected chi connectivity index (χ4v) is 11.2. The van der Waals surface area contributed by atoms with Crippen molar-refractivity contribution in [3.8, 4) is 5.75 Å². The Morgan fingerprint density at radius 1 is 0.722 bits per heavy atom. The molecule has 0 radical (unpaired) electrons. The van der Waals surface area contributed by atoms with Crippen LogP contribution in [0.5, 0.6) is 5.75 Å². The van der Waals surface area contributed by atoms with Crippen LogP contribution in [0.1, 0.15) is 81.4 Å². The average molecular weight is 1340 g/mol. The predicted octanol–water partition coefficient (Wildman–Crippen LogP) is -2.43. The number of para-hydroxylation sites is 3. The monoisotopic (exact) mass is 1340 g/mol. The summed E-state index contributed by atoms with van der Waals surface area (Å²) in [6, 6.07) is 6.60. The number of rotatable bonds is 36. The minimum atomic E-state index is -1.84. The van der Waals surface area contributed by atoms with Crippen LogP contribution in [-0.2, 0) is 78.4 Å². The molecule has 1 aliphatic heterocycles. The lowest BCUT2D eigenvalue weighted by atomic mass is 9.99. The number of hydrogen-bond donors (Lipinski definition) is 18. The van der Waals surface area contributed by atoms with Crippen molar-refractivity contribution < 1.29 is 68.1 Å². The standard InChI is InChI=1S/C64H85N19O14/c1-34(2)24-51(61(95)76-44(14-8-22-70-64(67)68)63(97)83-23-9-15-50(83)60(94)72-31-52(66)86)82(3)62(96)48(28-53-74-42-12-6-7-13-43(42)75-53)80-56(90)45(25-35-16-18-38(85)19-17-35)78-59(93)49(32-84)81-57(91)46(26-36-29-71-41-11-5-4-10-39(36)41)79-58(92)47(27-37-30-69-33-73-37)77-55(89)40(65)20-21-54(87)88/h4-7,10-13,16-19,29-30,33-34,40,44-51,71,84-85H,8-9,14-15,20-28,31-32,65H2,1-3H3,(H2,66,86)(H,69,73)(H,72,94)(H,74,75)(H,76,95)(H,77,89)(H,78,93)(H,79,92)(H,80,90)(H,81,91)(H,87,88)(H4,67,68,70)/t40-,44-,45-,46-,47-,48+,49-,50-,51-/m0/s1. The Morgan fingerprint density at radius 3 is 1.98 bits per heavy atom. The van der Waals surface area contributed by atoms with Crippen LogP contribution in [0.4, 0.5) is 0 Å². The minimum absolute atomic E-state index is 0.0151. The predicted molar refractivity (Wildman–Crippen MR) is 352 cm³/mol. The zero-order valence-electron chi connectivity index (χ0n) is 53.9. The minimum Gasteiger partial charge on any atom is -0.508 e. The molecule has 0 bridgehead atoms. The molecule has 33 heteroatoms. The number of aromatic amines is 3. The van der Waals surface area contributed by atoms with E-state index in [1.54, 1.807) is 68.6 Å². The summed E-state index contributed by atoms with van der Waals surface area (Å²) in [7, 11) is 1.34. The molecule has 3 aromatic carbocycles. The van der Waals surface area contributed by atoms with Gasteiger partial charge in [-0.05, 0) is 85.9 Å². The molecular weight excluding hydrogens is 1260 g/mol. The second kappa shape index (κ2) is 35.0. The molecule has 0 spiro atoms. The quantitative estimate of drug-likeness (QED) is 0.0110. The summed E-state index contributed by atoms with van der Waals surface area (Å²) in [5, 5.41) is 59.7. The number of fused-ring (bicyclic) bond motifs is 2. The van der Waals surface area contributed by atoms with Crippen molar-refractivity contribution >= 4 is 92.9 Å². The van der Waals surface area contributed by atoms with E-state index in [1.807, 2.05) is 0 Å². The number of carboxylic acid groups (broad SMARTS) is 1. The van der Waals surface area contributed by atoms with E-state index in [0.29, 0.717) is 45.2 Å². The molecule has 10 amide bonds. The second-order valence-electron chi connectivity index (χ2n) is 24.1. The number of aromatic hydroxyl groups is 1. The summed E-state index contributed by atoms with van der Waals surface area (Å²) in [5.41, 5.74) is 19.8. The summed E-state index contributed by atoms with van der Waals surface area (Å²) in [5.74, 6) is -10.3. The summed E-state index contributed by atoms with van der Waals surface area (Å²) in [4.78, 5) is 174. The second-order valence-corrected chi connectivity index (χ2v) is 24.1. The van der Waals surface area contributed by atoms with E-state index in [9.17, 15) is 58.5 Å². The molecule has 9 atom stereocenters. The smallest absolute Gasteiger partial charge is 0.303 e. The third kappa shape index (κ3) is 21.3. The molecule has 4 heterocycles. The van der Waals surface area contributed by atoms with Gasteiger partial charge in [-0.3, -0.25) is 58.1 Å². The first-order chi connectivity index (χ1) is 46.3. The topological polar surface area (TPSA) is 526 Å². The molecule has 520 valence electrons. The number of phenols is 1. The van der Waals surface area contributed by atoms with Crippen LogP contribution in [0.3, 0.4) is 0 Å². The maximum absolute atomic E-state index is 15.4. The third-order valence-electron chi connectivity index (χ3n) is 16.3. The number of imidazole rings is 2. The number of carbonyl (C=O) groups excluding carboxylic acids is 10. The highest BCUT2D eigenvalue weighted by Crippen LogP contribution is 2.23. The number of amides is 10. The number of primary amides is 1. The van der Waals surface area contributed by atoms with Gasteiger partial charge in [-0.15, -0.1) is 0 Å². The number of H-pyrrole nitrogens is 3. The van der Waals surface area contributed by atoms with Gasteiger partial charge in [0, 0.05) is 75.5 Å². The average Bonchev–Trinajstić information content (AvgIpc) is 1.83. The number of guanidine groups is 1. The Kier molecular flexibility index (Phi) is 26.5. The SMILES string of the molecule is CC(C)C[C@@H](C(=O)N[C@@H](CCCNC(=N)N)C(=O)N1CCC[C@H]1C(=O)NCC(N)=O)N(C)C(=O)[C@@H](Cc1nc2ccccc2[nH]1)NC(=O)[C@H](Cc1ccc(O)cc1)NC(=O)[C@H](CO)NC(=O)[C@H](Cc1c[nH]c2ccccc12)NC(=O)[C@H](Cc1c[nH]cn1)NC(=O)[C@@H](N)CCC(=O)O. The van der Waals surface area contributed by atoms with Gasteiger partial charge < -0.3 is 99.8 Å². The first-order valence-electron chi connectivity index (χ1n) is 31.6. The highest BCUT2D eigenvalue weighted by Gasteiger charge is 2.41. The van der Waals surface area contributed by atoms with Crippen LogP contribution < -0.4 is 59.7 Å². The number of hydrogen-bond acceptors (Lipinski definition) is 17. The van der Waals surface area contributed by atoms with Crippen LogP contribution in [0.15, 0.2) is 91.5 Å². The van der Waals surface area contributed by atoms with E-state index in [1.165, 1.54) is 48.7 Å². The molecule has 0 saturated carbocycles. The molecule has 0 aliphatic carbocycles. The zero-order chi connectivity index (χ0) is 70.5. The fraction of sp³-hybridized carbons (Fsp3) is 0.438. The molecule has 7 rings (SSSR count). The van der Waals surface area contributed by atoms with Crippen LogP contribution in [0, 0.1) is 11.3 Å². The molecule has 97 heavy (non-hydrogen) atoms. The van der Waals surface area contributed by atoms with E-state index in [-0.39, 0.29) is 94.3 Å². The van der Waals surface area contributed by atoms with Crippen molar-refractivity contribution in [3.63, 3.8) is 0 Å². The van der Waals surface area contributed by atoms with Crippen molar-refractivity contribution in [2.75, 3.05) is 33.3 Å². The Morgan fingerprint density at radius 2 is 1.34 bits per heavy atom. The van der Waals surface area contributed by atoms with E-state index >= 15 is 9.59 Å². The number of aliphatic carboxylic acids is 1. The summed E-state index contributed by atoms with van der Waals surface area (Å²) in [6.07, 6.45) is 3.44. The zero-order valence-corrected chi connectivity index (χ0v) is 53.9. The van der Waals surface area contributed by atoms with Crippen LogP contribution in [0.25, 0.3) is 21.9 Å². The van der Waals surface area contributed by atoms with Gasteiger partial charge in [0.1, 0.15) is 59.9 Å². The van der Waals surface area contributed by atoms with Crippen molar-refractivity contribution in [3.05, 3.63) is 114 Å². The number of likely N-dealkylation sites (tertiary alicyclic amines) is 1. The Hall–Kier alpha value is -11.0. The summed E-state index contributed by atoms with van der Waals surface area (Å²) < 4.78 is 0. The summed E-state index contributed by atoms with van der Waals surface area (Å²) in [6.45, 7) is 2.31. The first-order valence-corrected chi connectivity index (χ1v) is 31.6. The summed E-state index contributed by atoms with van der Waals surface area (Å²) >= 11 is 0. The number of phenolic OH excluding ortho intramolecular Hbond substituents is 1. The Balaban J connectivity index is 1.17. The lowest BCUT2D eigenvalue weighted by Crippen LogP contribution is -2.62. The van der Waals surface area contributed by atoms with Gasteiger partial charge in [0.15, 0.2) is 5.96 Å². The molecular formula is C64H85N19O14. The molecule has 1 saturated heterocycles. The molecule has 1 fully saturated rings. The number of carboxylic acids is 1. The highest BCUT2D eigenvalue weighted by atomic mass is 16.4. The van der Waals surface area contributed by atoms with Crippen molar-refractivity contribution in [1.29, 1.82) is 5.41 Å². The van der Waals surface area contributed by atoms with Gasteiger partial charge in [-0.1, -0.05) is 56.3 Å². The number of nitrogens with one attached hydrogen (secondary N) is 12. The normalized spacial score (nSPS) is 15.3. The van der Waals surface area contributed by atoms with Gasteiger partial charge in [-0.2, -0.15) is 0 Å². The van der Waals surface area contributed by atoms with Crippen molar-refractivity contribution in [1.82, 2.24) is 77.3 Å². The maximum Gasteiger partial charge on any atom is 0.303 e. The van der Waals surface area contributed by atoms with Crippen LogP contribution >= 0.6 is 0 Å². The lowest BCUT2D eigenvalue weighted by Gasteiger charge is -2.34. The van der Waals surface area contributed by atoms with Crippen molar-refractivity contribution in [2.24, 2.45) is 23.1 Å². The first kappa shape index (κ1) is 73.5. The number of benzene rings is 3. The third-order valence-corrected chi connectivity index (χ3v) is 16.3. The van der Waals surface area contributed by atoms with Gasteiger partial charge in [0.2, 0.25) is 59.1 Å². The van der Waals surface area contributed by atoms with E-state index in [2.05, 4.69) is 67.5 Å². The maximum atomic E-state index is 15.4. The van der Waals surface area contributed by atoms with Gasteiger partial charge in [-0.25, -0.2) is 9.97 Å². The molecule has 1 aliphatic rings. The van der Waals surface area contributed by atoms with E-state index < -0.39 is 139 Å². The van der Waals surface area contributed by atoms with Crippen molar-refractivity contribution in [2.45, 2.75) is 139 Å². The number of carbonyl (C=O) groups is 11. The fourth-order valence-electron chi connectivity index (χ4n) is 11.2. The number of aliphatic hydroxyl groups is 1. The van der Waals surface area contributed by atoms with E-state index in [4.69, 9.17) is 22.6 Å². The largest absolute Gasteiger partial charge is 0.508 e. The lowest BCUT2D eigenvalue weighted by molar-refractivity contribution is -0.145. The molecule has 3 aromatic heterocycles. The highest BCUT2D eigenvalue weighted by molar-refractivity contribution is 5.99. The molecule has 6 aromatic rings.